The van der Waals surface area contributed by atoms with E-state index in [0.29, 0.717) is 17.3 Å². The second-order valence-electron chi connectivity index (χ2n) is 6.01. The summed E-state index contributed by atoms with van der Waals surface area (Å²) in [5.74, 6) is -0.148. The van der Waals surface area contributed by atoms with E-state index in [1.807, 2.05) is 32.0 Å². The van der Waals surface area contributed by atoms with Crippen molar-refractivity contribution in [1.29, 1.82) is 0 Å². The van der Waals surface area contributed by atoms with Crippen LogP contribution in [0.3, 0.4) is 0 Å². The van der Waals surface area contributed by atoms with Crippen LogP contribution in [0.15, 0.2) is 24.3 Å². The molecule has 1 atom stereocenters. The van der Waals surface area contributed by atoms with E-state index in [4.69, 9.17) is 11.6 Å². The van der Waals surface area contributed by atoms with Crippen molar-refractivity contribution >= 4 is 29.1 Å². The number of nitrogens with zero attached hydrogens (tertiary/aromatic N) is 2. The van der Waals surface area contributed by atoms with Crippen LogP contribution in [-0.2, 0) is 16.0 Å². The fraction of sp³-hybridized carbons (Fsp3) is 0.353. The molecule has 1 unspecified atom stereocenters. The summed E-state index contributed by atoms with van der Waals surface area (Å²) in [7, 11) is 0. The summed E-state index contributed by atoms with van der Waals surface area (Å²) in [5, 5.41) is 10.4. The number of nitrogens with one attached hydrogen (secondary N) is 2. The zero-order chi connectivity index (χ0) is 17.3. The molecule has 2 amide bonds. The number of rotatable bonds is 4. The molecule has 126 valence electrons. The van der Waals surface area contributed by atoms with Gasteiger partial charge in [0.1, 0.15) is 0 Å². The predicted octanol–water partition coefficient (Wildman–Crippen LogP) is 2.14. The molecule has 24 heavy (non-hydrogen) atoms. The zero-order valence-electron chi connectivity index (χ0n) is 13.6. The Morgan fingerprint density at radius 3 is 2.83 bits per heavy atom. The van der Waals surface area contributed by atoms with Gasteiger partial charge >= 0.3 is 0 Å². The molecule has 0 aliphatic carbocycles. The largest absolute Gasteiger partial charge is 0.351 e. The van der Waals surface area contributed by atoms with Crippen LogP contribution >= 0.6 is 11.6 Å². The highest BCUT2D eigenvalue weighted by molar-refractivity contribution is 6.33. The number of benzene rings is 1. The first-order valence-corrected chi connectivity index (χ1v) is 8.18. The fourth-order valence-corrected chi connectivity index (χ4v) is 3.22. The number of amides is 2. The molecule has 2 N–H and O–H groups in total. The zero-order valence-corrected chi connectivity index (χ0v) is 14.4. The number of H-pyrrole nitrogens is 1. The summed E-state index contributed by atoms with van der Waals surface area (Å²) < 4.78 is 0. The van der Waals surface area contributed by atoms with Gasteiger partial charge in [-0.2, -0.15) is 5.10 Å². The van der Waals surface area contributed by atoms with Gasteiger partial charge in [0.2, 0.25) is 11.8 Å². The van der Waals surface area contributed by atoms with Gasteiger partial charge in [-0.15, -0.1) is 0 Å². The molecular formula is C17H19ClN4O2. The summed E-state index contributed by atoms with van der Waals surface area (Å²) in [6.07, 6.45) is 0.533. The SMILES string of the molecule is Cc1n[nH]c(C)c1CC(=O)NC1CC(=O)N(c2ccccc2Cl)C1. The van der Waals surface area contributed by atoms with E-state index in [9.17, 15) is 9.59 Å². The summed E-state index contributed by atoms with van der Waals surface area (Å²) in [4.78, 5) is 26.2. The quantitative estimate of drug-likeness (QED) is 0.890. The third kappa shape index (κ3) is 3.28. The Morgan fingerprint density at radius 1 is 1.42 bits per heavy atom. The maximum absolute atomic E-state index is 12.3. The Kier molecular flexibility index (Phi) is 4.57. The van der Waals surface area contributed by atoms with Gasteiger partial charge in [0, 0.05) is 24.2 Å². The van der Waals surface area contributed by atoms with Crippen LogP contribution in [0.2, 0.25) is 5.02 Å². The first-order chi connectivity index (χ1) is 11.5. The number of carbonyl (C=O) groups excluding carboxylic acids is 2. The number of carbonyl (C=O) groups is 2. The van der Waals surface area contributed by atoms with Crippen LogP contribution in [0, 0.1) is 13.8 Å². The topological polar surface area (TPSA) is 78.1 Å². The smallest absolute Gasteiger partial charge is 0.229 e. The number of aryl methyl sites for hydroxylation is 2. The predicted molar refractivity (Wildman–Crippen MR) is 92.1 cm³/mol. The number of hydrogen-bond donors (Lipinski definition) is 2. The molecule has 1 aliphatic rings. The van der Waals surface area contributed by atoms with E-state index in [2.05, 4.69) is 15.5 Å². The van der Waals surface area contributed by atoms with Crippen LogP contribution in [0.1, 0.15) is 23.4 Å². The van der Waals surface area contributed by atoms with Crippen molar-refractivity contribution in [2.24, 2.45) is 0 Å². The van der Waals surface area contributed by atoms with E-state index in [1.54, 1.807) is 11.0 Å². The van der Waals surface area contributed by atoms with Gasteiger partial charge in [0.25, 0.3) is 0 Å². The molecule has 1 fully saturated rings. The minimum absolute atomic E-state index is 0.0379. The molecule has 2 aromatic rings. The first kappa shape index (κ1) is 16.5. The van der Waals surface area contributed by atoms with Gasteiger partial charge in [-0.25, -0.2) is 0 Å². The lowest BCUT2D eigenvalue weighted by Gasteiger charge is -2.18. The lowest BCUT2D eigenvalue weighted by Crippen LogP contribution is -2.38. The summed E-state index contributed by atoms with van der Waals surface area (Å²) >= 11 is 6.16. The molecule has 0 saturated carbocycles. The summed E-state index contributed by atoms with van der Waals surface area (Å²) in [5.41, 5.74) is 3.30. The second kappa shape index (κ2) is 6.65. The highest BCUT2D eigenvalue weighted by atomic mass is 35.5. The van der Waals surface area contributed by atoms with E-state index >= 15 is 0 Å². The maximum atomic E-state index is 12.3. The molecule has 7 heteroatoms. The molecule has 6 nitrogen and oxygen atoms in total. The highest BCUT2D eigenvalue weighted by Crippen LogP contribution is 2.29. The van der Waals surface area contributed by atoms with Crippen LogP contribution in [0.25, 0.3) is 0 Å². The van der Waals surface area contributed by atoms with Crippen molar-refractivity contribution in [3.05, 3.63) is 46.2 Å². The number of aromatic amines is 1. The van der Waals surface area contributed by atoms with E-state index in [0.717, 1.165) is 17.0 Å². The number of hydrogen-bond acceptors (Lipinski definition) is 3. The molecule has 1 saturated heterocycles. The van der Waals surface area contributed by atoms with Gasteiger partial charge in [-0.3, -0.25) is 14.7 Å². The van der Waals surface area contributed by atoms with Gasteiger partial charge in [-0.1, -0.05) is 23.7 Å². The Balaban J connectivity index is 1.64. The highest BCUT2D eigenvalue weighted by Gasteiger charge is 2.32. The number of anilines is 1. The van der Waals surface area contributed by atoms with Gasteiger partial charge in [0.15, 0.2) is 0 Å². The molecule has 0 bridgehead atoms. The van der Waals surface area contributed by atoms with Gasteiger partial charge in [0.05, 0.1) is 28.9 Å². The van der Waals surface area contributed by atoms with Crippen molar-refractivity contribution in [2.75, 3.05) is 11.4 Å². The van der Waals surface area contributed by atoms with E-state index in [1.165, 1.54) is 0 Å². The lowest BCUT2D eigenvalue weighted by molar-refractivity contribution is -0.121. The standard InChI is InChI=1S/C17H19ClN4O2/c1-10-13(11(2)21-20-10)8-16(23)19-12-7-17(24)22(9-12)15-6-4-3-5-14(15)18/h3-6,12H,7-9H2,1-2H3,(H,19,23)(H,20,21). The van der Waals surface area contributed by atoms with Crippen molar-refractivity contribution < 1.29 is 9.59 Å². The Labute approximate surface area is 145 Å². The minimum atomic E-state index is -0.214. The summed E-state index contributed by atoms with van der Waals surface area (Å²) in [6, 6.07) is 7.00. The van der Waals surface area contributed by atoms with Crippen LogP contribution in [0.4, 0.5) is 5.69 Å². The Hall–Kier alpha value is -2.34. The van der Waals surface area contributed by atoms with Crippen LogP contribution < -0.4 is 10.2 Å². The number of halogens is 1. The fourth-order valence-electron chi connectivity index (χ4n) is 2.98. The van der Waals surface area contributed by atoms with Gasteiger partial charge < -0.3 is 10.2 Å². The first-order valence-electron chi connectivity index (χ1n) is 7.80. The van der Waals surface area contributed by atoms with Crippen LogP contribution in [-0.4, -0.2) is 34.6 Å². The molecule has 1 aliphatic heterocycles. The van der Waals surface area contributed by atoms with E-state index in [-0.39, 0.29) is 30.7 Å². The normalized spacial score (nSPS) is 17.4. The number of para-hydroxylation sites is 1. The molecule has 1 aromatic carbocycles. The lowest BCUT2D eigenvalue weighted by atomic mass is 10.1. The minimum Gasteiger partial charge on any atom is -0.351 e. The average Bonchev–Trinajstić information content (AvgIpc) is 3.04. The molecule has 0 spiro atoms. The second-order valence-corrected chi connectivity index (χ2v) is 6.42. The molecule has 1 aromatic heterocycles. The Morgan fingerprint density at radius 2 is 2.17 bits per heavy atom. The molecule has 3 rings (SSSR count). The summed E-state index contributed by atoms with van der Waals surface area (Å²) in [6.45, 7) is 4.18. The molecule has 2 heterocycles. The van der Waals surface area contributed by atoms with Crippen molar-refractivity contribution in [3.63, 3.8) is 0 Å². The molecular weight excluding hydrogens is 328 g/mol. The van der Waals surface area contributed by atoms with Gasteiger partial charge in [-0.05, 0) is 26.0 Å². The van der Waals surface area contributed by atoms with E-state index < -0.39 is 0 Å². The maximum Gasteiger partial charge on any atom is 0.229 e. The third-order valence-corrected chi connectivity index (χ3v) is 4.57. The van der Waals surface area contributed by atoms with Crippen molar-refractivity contribution in [3.8, 4) is 0 Å². The number of aromatic nitrogens is 2. The molecule has 0 radical (unpaired) electrons. The average molecular weight is 347 g/mol. The van der Waals surface area contributed by atoms with Crippen molar-refractivity contribution in [2.45, 2.75) is 32.7 Å². The van der Waals surface area contributed by atoms with Crippen molar-refractivity contribution in [1.82, 2.24) is 15.5 Å². The Bertz CT molecular complexity index is 767. The third-order valence-electron chi connectivity index (χ3n) is 4.25. The monoisotopic (exact) mass is 346 g/mol. The van der Waals surface area contributed by atoms with Crippen LogP contribution in [0.5, 0.6) is 0 Å².